The van der Waals surface area contributed by atoms with Gasteiger partial charge in [-0.1, -0.05) is 6.92 Å². The van der Waals surface area contributed by atoms with Crippen LogP contribution in [-0.2, 0) is 19.2 Å². The molecule has 108 valence electrons. The summed E-state index contributed by atoms with van der Waals surface area (Å²) in [6, 6.07) is -1.19. The second-order valence-electron chi connectivity index (χ2n) is 3.99. The van der Waals surface area contributed by atoms with Gasteiger partial charge in [-0.05, 0) is 12.8 Å². The monoisotopic (exact) mass is 273 g/mol. The van der Waals surface area contributed by atoms with Crippen molar-refractivity contribution in [1.29, 1.82) is 0 Å². The second-order valence-corrected chi connectivity index (χ2v) is 3.99. The quantitative estimate of drug-likeness (QED) is 0.415. The summed E-state index contributed by atoms with van der Waals surface area (Å²) in [5.74, 6) is -2.80. The van der Waals surface area contributed by atoms with E-state index in [1.807, 2.05) is 6.92 Å². The van der Waals surface area contributed by atoms with Crippen LogP contribution >= 0.6 is 0 Å². The Bertz CT molecular complexity index is 356. The molecule has 5 N–H and O–H groups in total. The van der Waals surface area contributed by atoms with Gasteiger partial charge >= 0.3 is 5.97 Å². The zero-order chi connectivity index (χ0) is 14.8. The van der Waals surface area contributed by atoms with E-state index in [1.165, 1.54) is 0 Å². The van der Waals surface area contributed by atoms with Crippen molar-refractivity contribution in [3.8, 4) is 0 Å². The van der Waals surface area contributed by atoms with Crippen LogP contribution in [0.1, 0.15) is 32.6 Å². The zero-order valence-corrected chi connectivity index (χ0v) is 10.8. The van der Waals surface area contributed by atoms with Crippen molar-refractivity contribution in [2.75, 3.05) is 6.54 Å². The number of nitrogens with one attached hydrogen (secondary N) is 2. The first-order valence-corrected chi connectivity index (χ1v) is 5.94. The number of carboxylic acids is 1. The van der Waals surface area contributed by atoms with Gasteiger partial charge in [-0.15, -0.1) is 0 Å². The highest BCUT2D eigenvalue weighted by Crippen LogP contribution is 1.97. The van der Waals surface area contributed by atoms with Crippen molar-refractivity contribution in [1.82, 2.24) is 10.6 Å². The number of rotatable bonds is 9. The summed E-state index contributed by atoms with van der Waals surface area (Å²) >= 11 is 0. The lowest BCUT2D eigenvalue weighted by molar-refractivity contribution is -0.142. The lowest BCUT2D eigenvalue weighted by atomic mass is 10.1. The summed E-state index contributed by atoms with van der Waals surface area (Å²) in [7, 11) is 0. The van der Waals surface area contributed by atoms with Gasteiger partial charge in [0.2, 0.25) is 17.7 Å². The SMILES string of the molecule is CCCC(=O)NCC(=O)NC(CCC(N)=O)C(=O)O. The van der Waals surface area contributed by atoms with Crippen LogP contribution in [0.3, 0.4) is 0 Å². The van der Waals surface area contributed by atoms with E-state index < -0.39 is 23.8 Å². The van der Waals surface area contributed by atoms with Crippen molar-refractivity contribution >= 4 is 23.7 Å². The largest absolute Gasteiger partial charge is 0.480 e. The third kappa shape index (κ3) is 8.58. The highest BCUT2D eigenvalue weighted by atomic mass is 16.4. The lowest BCUT2D eigenvalue weighted by Gasteiger charge is -2.13. The van der Waals surface area contributed by atoms with Gasteiger partial charge in [0.1, 0.15) is 6.04 Å². The lowest BCUT2D eigenvalue weighted by Crippen LogP contribution is -2.45. The van der Waals surface area contributed by atoms with Crippen LogP contribution in [0, 0.1) is 0 Å². The summed E-state index contributed by atoms with van der Waals surface area (Å²) in [4.78, 5) is 43.9. The van der Waals surface area contributed by atoms with Crippen LogP contribution in [0.25, 0.3) is 0 Å². The molecule has 0 heterocycles. The van der Waals surface area contributed by atoms with Gasteiger partial charge in [0.25, 0.3) is 0 Å². The van der Waals surface area contributed by atoms with Crippen molar-refractivity contribution in [2.24, 2.45) is 5.73 Å². The number of hydrogen-bond donors (Lipinski definition) is 4. The maximum Gasteiger partial charge on any atom is 0.326 e. The molecule has 1 atom stereocenters. The summed E-state index contributed by atoms with van der Waals surface area (Å²) in [6.07, 6.45) is 0.736. The molecule has 1 unspecified atom stereocenters. The van der Waals surface area contributed by atoms with E-state index in [4.69, 9.17) is 10.8 Å². The Morgan fingerprint density at radius 1 is 1.16 bits per heavy atom. The van der Waals surface area contributed by atoms with Gasteiger partial charge in [0.05, 0.1) is 6.54 Å². The first-order valence-electron chi connectivity index (χ1n) is 5.94. The normalized spacial score (nSPS) is 11.4. The molecule has 0 radical (unpaired) electrons. The minimum absolute atomic E-state index is 0.0840. The smallest absolute Gasteiger partial charge is 0.326 e. The van der Waals surface area contributed by atoms with E-state index in [1.54, 1.807) is 0 Å². The van der Waals surface area contributed by atoms with Crippen LogP contribution < -0.4 is 16.4 Å². The molecule has 0 saturated carbocycles. The Hall–Kier alpha value is -2.12. The van der Waals surface area contributed by atoms with E-state index in [-0.39, 0.29) is 25.3 Å². The maximum absolute atomic E-state index is 11.4. The van der Waals surface area contributed by atoms with Gasteiger partial charge in [-0.2, -0.15) is 0 Å². The topological polar surface area (TPSA) is 139 Å². The molecule has 0 saturated heterocycles. The molecule has 0 aliphatic rings. The van der Waals surface area contributed by atoms with Gasteiger partial charge in [0.15, 0.2) is 0 Å². The molecule has 0 aromatic heterocycles. The highest BCUT2D eigenvalue weighted by molar-refractivity contribution is 5.88. The van der Waals surface area contributed by atoms with Gasteiger partial charge in [-0.25, -0.2) is 4.79 Å². The van der Waals surface area contributed by atoms with Crippen LogP contribution in [0.2, 0.25) is 0 Å². The first-order chi connectivity index (χ1) is 8.86. The molecule has 0 rings (SSSR count). The predicted octanol–water partition coefficient (Wildman–Crippen LogP) is -1.26. The third-order valence-corrected chi connectivity index (χ3v) is 2.24. The molecule has 0 aromatic carbocycles. The van der Waals surface area contributed by atoms with Crippen LogP contribution in [-0.4, -0.2) is 41.4 Å². The molecule has 8 nitrogen and oxygen atoms in total. The molecule has 0 bridgehead atoms. The number of hydrogen-bond acceptors (Lipinski definition) is 4. The van der Waals surface area contributed by atoms with Crippen molar-refractivity contribution in [3.05, 3.63) is 0 Å². The van der Waals surface area contributed by atoms with Gasteiger partial charge in [0, 0.05) is 12.8 Å². The fourth-order valence-corrected chi connectivity index (χ4v) is 1.28. The number of carbonyl (C=O) groups excluding carboxylic acids is 3. The first kappa shape index (κ1) is 16.9. The van der Waals surface area contributed by atoms with E-state index >= 15 is 0 Å². The van der Waals surface area contributed by atoms with Gasteiger partial charge in [-0.3, -0.25) is 14.4 Å². The fraction of sp³-hybridized carbons (Fsp3) is 0.636. The number of carbonyl (C=O) groups is 4. The summed E-state index contributed by atoms with van der Waals surface area (Å²) in [5, 5.41) is 13.4. The van der Waals surface area contributed by atoms with Crippen molar-refractivity contribution < 1.29 is 24.3 Å². The predicted molar refractivity (Wildman–Crippen MR) is 65.9 cm³/mol. The van der Waals surface area contributed by atoms with Crippen LogP contribution in [0.15, 0.2) is 0 Å². The molecule has 8 heteroatoms. The summed E-state index contributed by atoms with van der Waals surface area (Å²) in [6.45, 7) is 1.53. The zero-order valence-electron chi connectivity index (χ0n) is 10.8. The standard InChI is InChI=1S/C11H19N3O5/c1-2-3-9(16)13-6-10(17)14-7(11(18)19)4-5-8(12)15/h7H,2-6H2,1H3,(H2,12,15)(H,13,16)(H,14,17)(H,18,19). The Morgan fingerprint density at radius 2 is 1.79 bits per heavy atom. The van der Waals surface area contributed by atoms with Crippen molar-refractivity contribution in [2.45, 2.75) is 38.6 Å². The number of primary amides is 1. The van der Waals surface area contributed by atoms with E-state index in [0.717, 1.165) is 0 Å². The molecule has 0 aliphatic carbocycles. The van der Waals surface area contributed by atoms with E-state index in [9.17, 15) is 19.2 Å². The van der Waals surface area contributed by atoms with Crippen LogP contribution in [0.4, 0.5) is 0 Å². The fourth-order valence-electron chi connectivity index (χ4n) is 1.28. The maximum atomic E-state index is 11.4. The molecular formula is C11H19N3O5. The number of amides is 3. The van der Waals surface area contributed by atoms with E-state index in [2.05, 4.69) is 10.6 Å². The molecule has 0 fully saturated rings. The van der Waals surface area contributed by atoms with Gasteiger partial charge < -0.3 is 21.5 Å². The molecule has 0 spiro atoms. The minimum atomic E-state index is -1.26. The molecule has 19 heavy (non-hydrogen) atoms. The Morgan fingerprint density at radius 3 is 2.26 bits per heavy atom. The second kappa shape index (κ2) is 8.90. The van der Waals surface area contributed by atoms with E-state index in [0.29, 0.717) is 12.8 Å². The molecular weight excluding hydrogens is 254 g/mol. The van der Waals surface area contributed by atoms with Crippen molar-refractivity contribution in [3.63, 3.8) is 0 Å². The number of nitrogens with two attached hydrogens (primary N) is 1. The minimum Gasteiger partial charge on any atom is -0.480 e. The average molecular weight is 273 g/mol. The summed E-state index contributed by atoms with van der Waals surface area (Å²) in [5.41, 5.74) is 4.90. The van der Waals surface area contributed by atoms with Crippen LogP contribution in [0.5, 0.6) is 0 Å². The average Bonchev–Trinajstić information content (AvgIpc) is 2.31. The third-order valence-electron chi connectivity index (χ3n) is 2.24. The molecule has 0 aliphatic heterocycles. The molecule has 3 amide bonds. The number of aliphatic carboxylic acids is 1. The Labute approximate surface area is 110 Å². The highest BCUT2D eigenvalue weighted by Gasteiger charge is 2.20. The molecule has 0 aromatic rings. The Kier molecular flexibility index (Phi) is 7.90. The Balaban J connectivity index is 4.13. The summed E-state index contributed by atoms with van der Waals surface area (Å²) < 4.78 is 0. The number of carboxylic acid groups (broad SMARTS) is 1.